The molecular weight excluding hydrogens is 332 g/mol. The molecule has 1 saturated carbocycles. The predicted octanol–water partition coefficient (Wildman–Crippen LogP) is 3.64. The Kier molecular flexibility index (Phi) is 5.05. The van der Waals surface area contributed by atoms with E-state index in [0.29, 0.717) is 16.9 Å². The van der Waals surface area contributed by atoms with Crippen molar-refractivity contribution in [1.29, 1.82) is 0 Å². The molecule has 0 aliphatic heterocycles. The summed E-state index contributed by atoms with van der Waals surface area (Å²) in [5.74, 6) is 0.640. The summed E-state index contributed by atoms with van der Waals surface area (Å²) in [6, 6.07) is 2.13. The van der Waals surface area contributed by atoms with Crippen LogP contribution in [0.4, 0.5) is 5.82 Å². The summed E-state index contributed by atoms with van der Waals surface area (Å²) in [7, 11) is 1.44. The van der Waals surface area contributed by atoms with Gasteiger partial charge in [0.05, 0.1) is 18.1 Å². The fraction of sp³-hybridized carbons (Fsp3) is 0.538. The summed E-state index contributed by atoms with van der Waals surface area (Å²) in [6.45, 7) is 0. The minimum absolute atomic E-state index is 0.0383. The molecule has 0 aromatic carbocycles. The van der Waals surface area contributed by atoms with Crippen LogP contribution in [0, 0.1) is 5.92 Å². The number of aromatic nitrogens is 1. The molecule has 6 heteroatoms. The van der Waals surface area contributed by atoms with Crippen molar-refractivity contribution in [3.8, 4) is 0 Å². The maximum atomic E-state index is 11.4. The Labute approximate surface area is 126 Å². The summed E-state index contributed by atoms with van der Waals surface area (Å²) in [4.78, 5) is 15.7. The first kappa shape index (κ1) is 14.6. The van der Waals surface area contributed by atoms with E-state index >= 15 is 0 Å². The molecule has 0 amide bonds. The molecule has 0 spiro atoms. The van der Waals surface area contributed by atoms with Crippen LogP contribution in [-0.2, 0) is 9.53 Å². The molecule has 0 radical (unpaired) electrons. The lowest BCUT2D eigenvalue weighted by molar-refractivity contribution is -0.146. The van der Waals surface area contributed by atoms with E-state index in [-0.39, 0.29) is 11.9 Å². The highest BCUT2D eigenvalue weighted by molar-refractivity contribution is 9.10. The number of hydrogen-bond donors (Lipinski definition) is 1. The van der Waals surface area contributed by atoms with Gasteiger partial charge in [0.25, 0.3) is 0 Å². The summed E-state index contributed by atoms with van der Waals surface area (Å²) < 4.78 is 5.64. The predicted molar refractivity (Wildman–Crippen MR) is 78.3 cm³/mol. The maximum Gasteiger partial charge on any atom is 0.308 e. The molecule has 1 fully saturated rings. The van der Waals surface area contributed by atoms with Crippen LogP contribution in [0.3, 0.4) is 0 Å². The largest absolute Gasteiger partial charge is 0.469 e. The molecule has 19 heavy (non-hydrogen) atoms. The molecule has 0 atom stereocenters. The molecule has 4 nitrogen and oxygen atoms in total. The third kappa shape index (κ3) is 3.83. The Morgan fingerprint density at radius 3 is 2.74 bits per heavy atom. The summed E-state index contributed by atoms with van der Waals surface area (Å²) in [5, 5.41) is 3.94. The lowest BCUT2D eigenvalue weighted by Gasteiger charge is -2.28. The minimum atomic E-state index is -0.0988. The van der Waals surface area contributed by atoms with Gasteiger partial charge < -0.3 is 10.1 Å². The van der Waals surface area contributed by atoms with Gasteiger partial charge in [-0.2, -0.15) is 0 Å². The molecule has 0 bridgehead atoms. The second-order valence-corrected chi connectivity index (χ2v) is 6.02. The van der Waals surface area contributed by atoms with E-state index in [4.69, 9.17) is 16.3 Å². The Bertz CT molecular complexity index is 462. The normalized spacial score (nSPS) is 22.9. The first-order valence-electron chi connectivity index (χ1n) is 6.25. The zero-order chi connectivity index (χ0) is 13.8. The number of methoxy groups -OCH3 is 1. The number of nitrogens with one attached hydrogen (secondary N) is 1. The van der Waals surface area contributed by atoms with Crippen molar-refractivity contribution in [2.45, 2.75) is 31.7 Å². The van der Waals surface area contributed by atoms with E-state index in [2.05, 4.69) is 26.2 Å². The summed E-state index contributed by atoms with van der Waals surface area (Å²) >= 11 is 9.45. The average Bonchev–Trinajstić information content (AvgIpc) is 2.42. The van der Waals surface area contributed by atoms with Gasteiger partial charge >= 0.3 is 5.97 Å². The summed E-state index contributed by atoms with van der Waals surface area (Å²) in [5.41, 5.74) is 0. The Hall–Kier alpha value is -0.810. The maximum absolute atomic E-state index is 11.4. The smallest absolute Gasteiger partial charge is 0.308 e. The molecule has 104 valence electrons. The van der Waals surface area contributed by atoms with Gasteiger partial charge in [-0.25, -0.2) is 4.98 Å². The number of esters is 1. The average molecular weight is 348 g/mol. The number of anilines is 1. The topological polar surface area (TPSA) is 51.2 Å². The Morgan fingerprint density at radius 2 is 2.16 bits per heavy atom. The van der Waals surface area contributed by atoms with Gasteiger partial charge in [-0.3, -0.25) is 4.79 Å². The van der Waals surface area contributed by atoms with Crippen LogP contribution in [0.2, 0.25) is 5.02 Å². The minimum Gasteiger partial charge on any atom is -0.469 e. The molecule has 2 rings (SSSR count). The van der Waals surface area contributed by atoms with Crippen LogP contribution in [0.5, 0.6) is 0 Å². The molecule has 1 N–H and O–H groups in total. The van der Waals surface area contributed by atoms with Crippen LogP contribution >= 0.6 is 27.5 Å². The van der Waals surface area contributed by atoms with Crippen molar-refractivity contribution in [3.63, 3.8) is 0 Å². The first-order chi connectivity index (χ1) is 9.10. The number of carbonyl (C=O) groups is 1. The van der Waals surface area contributed by atoms with Crippen molar-refractivity contribution in [2.24, 2.45) is 5.92 Å². The van der Waals surface area contributed by atoms with E-state index in [1.807, 2.05) is 6.07 Å². The number of nitrogens with zero attached hydrogens (tertiary/aromatic N) is 1. The van der Waals surface area contributed by atoms with Crippen molar-refractivity contribution < 1.29 is 9.53 Å². The van der Waals surface area contributed by atoms with Gasteiger partial charge in [0, 0.05) is 16.7 Å². The fourth-order valence-electron chi connectivity index (χ4n) is 2.35. The third-order valence-corrected chi connectivity index (χ3v) is 4.13. The van der Waals surface area contributed by atoms with Gasteiger partial charge in [-0.15, -0.1) is 0 Å². The van der Waals surface area contributed by atoms with Crippen LogP contribution < -0.4 is 5.32 Å². The van der Waals surface area contributed by atoms with E-state index in [1.54, 1.807) is 6.20 Å². The monoisotopic (exact) mass is 346 g/mol. The van der Waals surface area contributed by atoms with Crippen molar-refractivity contribution in [2.75, 3.05) is 12.4 Å². The first-order valence-corrected chi connectivity index (χ1v) is 7.42. The fourth-order valence-corrected chi connectivity index (χ4v) is 3.04. The zero-order valence-electron chi connectivity index (χ0n) is 10.7. The molecule has 0 unspecified atom stereocenters. The highest BCUT2D eigenvalue weighted by Crippen LogP contribution is 2.29. The molecule has 1 aromatic rings. The van der Waals surface area contributed by atoms with Crippen LogP contribution in [0.25, 0.3) is 0 Å². The number of rotatable bonds is 3. The van der Waals surface area contributed by atoms with E-state index < -0.39 is 0 Å². The number of hydrogen-bond acceptors (Lipinski definition) is 4. The Balaban J connectivity index is 1.90. The highest BCUT2D eigenvalue weighted by Gasteiger charge is 2.27. The molecule has 0 saturated heterocycles. The zero-order valence-corrected chi connectivity index (χ0v) is 13.0. The number of carbonyl (C=O) groups excluding carboxylic acids is 1. The standard InChI is InChI=1S/C13H16BrClN2O2/c1-19-13(18)8-2-4-10(5-3-8)17-12-11(15)6-9(14)7-16-12/h6-8,10H,2-5H2,1H3,(H,16,17). The molecule has 1 aliphatic carbocycles. The molecule has 1 heterocycles. The lowest BCUT2D eigenvalue weighted by atomic mass is 9.86. The van der Waals surface area contributed by atoms with Gasteiger partial charge in [0.15, 0.2) is 0 Å². The number of pyridine rings is 1. The van der Waals surface area contributed by atoms with Crippen molar-refractivity contribution in [1.82, 2.24) is 4.98 Å². The van der Waals surface area contributed by atoms with Crippen LogP contribution in [0.1, 0.15) is 25.7 Å². The second kappa shape index (κ2) is 6.57. The van der Waals surface area contributed by atoms with Crippen LogP contribution in [-0.4, -0.2) is 24.1 Å². The molecular formula is C13H16BrClN2O2. The van der Waals surface area contributed by atoms with E-state index in [0.717, 1.165) is 30.2 Å². The quantitative estimate of drug-likeness (QED) is 0.848. The number of ether oxygens (including phenoxy) is 1. The summed E-state index contributed by atoms with van der Waals surface area (Å²) in [6.07, 6.45) is 5.26. The Morgan fingerprint density at radius 1 is 1.47 bits per heavy atom. The van der Waals surface area contributed by atoms with E-state index in [1.165, 1.54) is 7.11 Å². The van der Waals surface area contributed by atoms with Gasteiger partial charge in [0.2, 0.25) is 0 Å². The number of halogens is 2. The van der Waals surface area contributed by atoms with Gasteiger partial charge in [-0.05, 0) is 47.7 Å². The lowest BCUT2D eigenvalue weighted by Crippen LogP contribution is -2.30. The second-order valence-electron chi connectivity index (χ2n) is 4.70. The molecule has 1 aliphatic rings. The third-order valence-electron chi connectivity index (χ3n) is 3.41. The van der Waals surface area contributed by atoms with Crippen molar-refractivity contribution in [3.05, 3.63) is 21.8 Å². The molecule has 1 aromatic heterocycles. The van der Waals surface area contributed by atoms with Crippen molar-refractivity contribution >= 4 is 39.3 Å². The SMILES string of the molecule is COC(=O)C1CCC(Nc2ncc(Br)cc2Cl)CC1. The van der Waals surface area contributed by atoms with Gasteiger partial charge in [0.1, 0.15) is 5.82 Å². The van der Waals surface area contributed by atoms with E-state index in [9.17, 15) is 4.79 Å². The van der Waals surface area contributed by atoms with Crippen LogP contribution in [0.15, 0.2) is 16.7 Å². The van der Waals surface area contributed by atoms with Gasteiger partial charge in [-0.1, -0.05) is 11.6 Å². The highest BCUT2D eigenvalue weighted by atomic mass is 79.9.